The van der Waals surface area contributed by atoms with E-state index in [9.17, 15) is 9.90 Å². The van der Waals surface area contributed by atoms with Crippen molar-refractivity contribution in [1.29, 1.82) is 0 Å². The molecule has 3 rings (SSSR count). The van der Waals surface area contributed by atoms with Gasteiger partial charge in [0.25, 0.3) is 5.91 Å². The number of nitrogens with one attached hydrogen (secondary N) is 2. The van der Waals surface area contributed by atoms with Crippen molar-refractivity contribution in [1.82, 2.24) is 10.3 Å². The zero-order chi connectivity index (χ0) is 16.2. The fourth-order valence-electron chi connectivity index (χ4n) is 2.79. The Kier molecular flexibility index (Phi) is 4.39. The lowest BCUT2D eigenvalue weighted by molar-refractivity contribution is 0.0957. The number of aromatic nitrogens is 1. The van der Waals surface area contributed by atoms with E-state index in [1.54, 1.807) is 18.2 Å². The fraction of sp³-hybridized carbons (Fsp3) is 0.222. The van der Waals surface area contributed by atoms with Gasteiger partial charge in [-0.2, -0.15) is 0 Å². The summed E-state index contributed by atoms with van der Waals surface area (Å²) in [5.74, 6) is 0.446. The molecule has 1 aromatic heterocycles. The summed E-state index contributed by atoms with van der Waals surface area (Å²) >= 11 is 0. The summed E-state index contributed by atoms with van der Waals surface area (Å²) in [6.07, 6.45) is 3.30. The Morgan fingerprint density at radius 1 is 1.35 bits per heavy atom. The van der Waals surface area contributed by atoms with Gasteiger partial charge in [0.1, 0.15) is 5.82 Å². The Morgan fingerprint density at radius 2 is 2.17 bits per heavy atom. The van der Waals surface area contributed by atoms with E-state index >= 15 is 0 Å². The molecule has 2 aromatic rings. The highest BCUT2D eigenvalue weighted by Gasteiger charge is 2.30. The van der Waals surface area contributed by atoms with Crippen molar-refractivity contribution in [3.63, 3.8) is 0 Å². The summed E-state index contributed by atoms with van der Waals surface area (Å²) in [6.45, 7) is 3.98. The van der Waals surface area contributed by atoms with Gasteiger partial charge in [0, 0.05) is 19.2 Å². The number of carbonyl (C=O) groups is 1. The maximum absolute atomic E-state index is 11.8. The minimum absolute atomic E-state index is 0.181. The van der Waals surface area contributed by atoms with Crippen LogP contribution in [0.25, 0.3) is 0 Å². The van der Waals surface area contributed by atoms with Crippen molar-refractivity contribution >= 4 is 11.7 Å². The monoisotopic (exact) mass is 309 g/mol. The first kappa shape index (κ1) is 15.2. The van der Waals surface area contributed by atoms with Gasteiger partial charge in [-0.15, -0.1) is 6.58 Å². The lowest BCUT2D eigenvalue weighted by Crippen LogP contribution is -2.24. The Labute approximate surface area is 135 Å². The third kappa shape index (κ3) is 3.24. The number of benzene rings is 1. The van der Waals surface area contributed by atoms with Gasteiger partial charge in [-0.3, -0.25) is 4.79 Å². The van der Waals surface area contributed by atoms with E-state index in [4.69, 9.17) is 0 Å². The molecule has 0 saturated carbocycles. The fourth-order valence-corrected chi connectivity index (χ4v) is 2.79. The normalized spacial score (nSPS) is 19.0. The standard InChI is InChI=1S/C18H19N3O2/c1-2-9-19-18(23)13-7-8-16(20-11-13)21-17-14-6-4-3-5-12(14)10-15(17)22/h2-8,11,15,17,22H,1,9-10H2,(H,19,23)(H,20,21)/t15-,17+/m1/s1. The van der Waals surface area contributed by atoms with Gasteiger partial charge < -0.3 is 15.7 Å². The van der Waals surface area contributed by atoms with Gasteiger partial charge >= 0.3 is 0 Å². The van der Waals surface area contributed by atoms with E-state index in [-0.39, 0.29) is 11.9 Å². The van der Waals surface area contributed by atoms with Crippen molar-refractivity contribution < 1.29 is 9.90 Å². The first-order valence-corrected chi connectivity index (χ1v) is 7.56. The predicted molar refractivity (Wildman–Crippen MR) is 89.3 cm³/mol. The second kappa shape index (κ2) is 6.62. The average Bonchev–Trinajstić information content (AvgIpc) is 2.89. The van der Waals surface area contributed by atoms with Gasteiger partial charge in [0.05, 0.1) is 17.7 Å². The van der Waals surface area contributed by atoms with Crippen LogP contribution in [-0.4, -0.2) is 28.6 Å². The number of nitrogens with zero attached hydrogens (tertiary/aromatic N) is 1. The maximum atomic E-state index is 11.8. The second-order valence-electron chi connectivity index (χ2n) is 5.52. The van der Waals surface area contributed by atoms with Crippen molar-refractivity contribution in [3.8, 4) is 0 Å². The van der Waals surface area contributed by atoms with E-state index in [0.717, 1.165) is 11.1 Å². The molecular weight excluding hydrogens is 290 g/mol. The lowest BCUT2D eigenvalue weighted by Gasteiger charge is -2.18. The molecule has 5 heteroatoms. The first-order chi connectivity index (χ1) is 11.2. The molecule has 2 atom stereocenters. The molecule has 1 aliphatic carbocycles. The molecular formula is C18H19N3O2. The van der Waals surface area contributed by atoms with Crippen LogP contribution in [0, 0.1) is 0 Å². The Bertz CT molecular complexity index is 712. The topological polar surface area (TPSA) is 74.2 Å². The SMILES string of the molecule is C=CCNC(=O)c1ccc(N[C@H]2c3ccccc3C[C@H]2O)nc1. The minimum Gasteiger partial charge on any atom is -0.390 e. The van der Waals surface area contributed by atoms with Crippen molar-refractivity contribution in [2.75, 3.05) is 11.9 Å². The van der Waals surface area contributed by atoms with Crippen LogP contribution in [0.4, 0.5) is 5.82 Å². The molecule has 0 saturated heterocycles. The van der Waals surface area contributed by atoms with E-state index in [1.165, 1.54) is 6.20 Å². The molecule has 0 fully saturated rings. The van der Waals surface area contributed by atoms with Gasteiger partial charge in [-0.25, -0.2) is 4.98 Å². The zero-order valence-electron chi connectivity index (χ0n) is 12.7. The summed E-state index contributed by atoms with van der Waals surface area (Å²) in [5, 5.41) is 16.2. The number of aliphatic hydroxyl groups excluding tert-OH is 1. The van der Waals surface area contributed by atoms with E-state index in [0.29, 0.717) is 24.3 Å². The molecule has 0 unspecified atom stereocenters. The van der Waals surface area contributed by atoms with Crippen LogP contribution in [0.2, 0.25) is 0 Å². The molecule has 3 N–H and O–H groups in total. The summed E-state index contributed by atoms with van der Waals surface area (Å²) in [5.41, 5.74) is 2.73. The average molecular weight is 309 g/mol. The van der Waals surface area contributed by atoms with Crippen LogP contribution in [0.3, 0.4) is 0 Å². The Hall–Kier alpha value is -2.66. The molecule has 0 spiro atoms. The molecule has 0 aliphatic heterocycles. The molecule has 118 valence electrons. The van der Waals surface area contributed by atoms with Crippen molar-refractivity contribution in [2.45, 2.75) is 18.6 Å². The summed E-state index contributed by atoms with van der Waals surface area (Å²) in [7, 11) is 0. The van der Waals surface area contributed by atoms with Crippen LogP contribution in [0.15, 0.2) is 55.3 Å². The van der Waals surface area contributed by atoms with Crippen LogP contribution in [-0.2, 0) is 6.42 Å². The first-order valence-electron chi connectivity index (χ1n) is 7.56. The number of carbonyl (C=O) groups excluding carboxylic acids is 1. The molecule has 0 radical (unpaired) electrons. The largest absolute Gasteiger partial charge is 0.390 e. The van der Waals surface area contributed by atoms with E-state index < -0.39 is 6.10 Å². The number of hydrogen-bond acceptors (Lipinski definition) is 4. The van der Waals surface area contributed by atoms with Gasteiger partial charge in [-0.05, 0) is 23.3 Å². The van der Waals surface area contributed by atoms with Crippen LogP contribution in [0.5, 0.6) is 0 Å². The minimum atomic E-state index is -0.482. The number of amides is 1. The number of anilines is 1. The summed E-state index contributed by atoms with van der Waals surface area (Å²) < 4.78 is 0. The van der Waals surface area contributed by atoms with Gasteiger partial charge in [0.15, 0.2) is 0 Å². The number of fused-ring (bicyclic) bond motifs is 1. The molecule has 0 bridgehead atoms. The number of aliphatic hydroxyl groups is 1. The molecule has 5 nitrogen and oxygen atoms in total. The van der Waals surface area contributed by atoms with Crippen LogP contribution < -0.4 is 10.6 Å². The number of pyridine rings is 1. The molecule has 1 heterocycles. The predicted octanol–water partition coefficient (Wildman–Crippen LogP) is 2.07. The molecule has 1 amide bonds. The van der Waals surface area contributed by atoms with Gasteiger partial charge in [-0.1, -0.05) is 30.3 Å². The summed E-state index contributed by atoms with van der Waals surface area (Å²) in [6, 6.07) is 11.3. The maximum Gasteiger partial charge on any atom is 0.253 e. The Morgan fingerprint density at radius 3 is 2.91 bits per heavy atom. The number of hydrogen-bond donors (Lipinski definition) is 3. The van der Waals surface area contributed by atoms with E-state index in [1.807, 2.05) is 24.3 Å². The Balaban J connectivity index is 1.71. The highest BCUT2D eigenvalue weighted by molar-refractivity contribution is 5.94. The molecule has 1 aliphatic rings. The zero-order valence-corrected chi connectivity index (χ0v) is 12.7. The third-order valence-corrected chi connectivity index (χ3v) is 3.94. The highest BCUT2D eigenvalue weighted by Crippen LogP contribution is 2.33. The smallest absolute Gasteiger partial charge is 0.253 e. The van der Waals surface area contributed by atoms with Crippen molar-refractivity contribution in [3.05, 3.63) is 71.9 Å². The second-order valence-corrected chi connectivity index (χ2v) is 5.52. The summed E-state index contributed by atoms with van der Waals surface area (Å²) in [4.78, 5) is 16.1. The molecule has 23 heavy (non-hydrogen) atoms. The van der Waals surface area contributed by atoms with Crippen LogP contribution >= 0.6 is 0 Å². The van der Waals surface area contributed by atoms with Gasteiger partial charge in [0.2, 0.25) is 0 Å². The molecule has 1 aromatic carbocycles. The van der Waals surface area contributed by atoms with E-state index in [2.05, 4.69) is 22.2 Å². The highest BCUT2D eigenvalue weighted by atomic mass is 16.3. The quantitative estimate of drug-likeness (QED) is 0.739. The number of rotatable bonds is 5. The lowest BCUT2D eigenvalue weighted by atomic mass is 10.1. The third-order valence-electron chi connectivity index (χ3n) is 3.94. The van der Waals surface area contributed by atoms with Crippen LogP contribution in [0.1, 0.15) is 27.5 Å². The van der Waals surface area contributed by atoms with Crippen molar-refractivity contribution in [2.24, 2.45) is 0 Å².